The predicted molar refractivity (Wildman–Crippen MR) is 89.0 cm³/mol. The van der Waals surface area contributed by atoms with Gasteiger partial charge in [-0.05, 0) is 60.1 Å². The van der Waals surface area contributed by atoms with Gasteiger partial charge in [0.2, 0.25) is 0 Å². The van der Waals surface area contributed by atoms with Gasteiger partial charge in [-0.2, -0.15) is 0 Å². The molecular formula is C16H25BrN2O2. The molecule has 1 aliphatic heterocycles. The highest BCUT2D eigenvalue weighted by molar-refractivity contribution is 9.10. The fourth-order valence-corrected chi connectivity index (χ4v) is 3.49. The molecule has 1 aromatic rings. The monoisotopic (exact) mass is 356 g/mol. The highest BCUT2D eigenvalue weighted by Gasteiger charge is 2.22. The Kier molecular flexibility index (Phi) is 5.90. The van der Waals surface area contributed by atoms with Crippen molar-refractivity contribution in [2.24, 2.45) is 0 Å². The van der Waals surface area contributed by atoms with Crippen molar-refractivity contribution in [3.05, 3.63) is 22.2 Å². The molecule has 1 saturated heterocycles. The average Bonchev–Trinajstić information content (AvgIpc) is 2.64. The van der Waals surface area contributed by atoms with Crippen LogP contribution in [0.15, 0.2) is 16.6 Å². The molecule has 0 radical (unpaired) electrons. The quantitative estimate of drug-likeness (QED) is 0.899. The molecule has 0 spiro atoms. The summed E-state index contributed by atoms with van der Waals surface area (Å²) in [5, 5.41) is 9.91. The van der Waals surface area contributed by atoms with Crippen molar-refractivity contribution in [3.8, 4) is 11.5 Å². The van der Waals surface area contributed by atoms with Gasteiger partial charge in [0.05, 0.1) is 11.6 Å². The van der Waals surface area contributed by atoms with E-state index in [2.05, 4.69) is 39.7 Å². The minimum Gasteiger partial charge on any atom is -0.503 e. The summed E-state index contributed by atoms with van der Waals surface area (Å²) in [4.78, 5) is 4.96. The van der Waals surface area contributed by atoms with Gasteiger partial charge in [-0.1, -0.05) is 6.92 Å². The van der Waals surface area contributed by atoms with Crippen LogP contribution in [0, 0.1) is 0 Å². The van der Waals surface area contributed by atoms with Crippen molar-refractivity contribution in [1.29, 1.82) is 0 Å². The minimum atomic E-state index is 0.170. The number of rotatable bonds is 4. The number of hydrogen-bond donors (Lipinski definition) is 1. The Morgan fingerprint density at radius 1 is 1.38 bits per heavy atom. The first-order valence-electron chi connectivity index (χ1n) is 7.53. The van der Waals surface area contributed by atoms with Crippen LogP contribution in [0.1, 0.15) is 25.3 Å². The van der Waals surface area contributed by atoms with E-state index in [1.807, 2.05) is 12.1 Å². The van der Waals surface area contributed by atoms with Crippen molar-refractivity contribution < 1.29 is 9.84 Å². The second-order valence-electron chi connectivity index (χ2n) is 5.78. The van der Waals surface area contributed by atoms with Gasteiger partial charge < -0.3 is 14.7 Å². The van der Waals surface area contributed by atoms with Crippen LogP contribution in [0.4, 0.5) is 0 Å². The standard InChI is InChI=1S/C16H25BrN2O2/c1-4-13-11-18(2)6-5-7-19(13)10-12-8-14(17)16(20)15(9-12)21-3/h8-9,13,20H,4-7,10-11H2,1-3H3. The number of phenols is 1. The van der Waals surface area contributed by atoms with Crippen molar-refractivity contribution in [3.63, 3.8) is 0 Å². The maximum atomic E-state index is 9.91. The highest BCUT2D eigenvalue weighted by Crippen LogP contribution is 2.35. The van der Waals surface area contributed by atoms with E-state index >= 15 is 0 Å². The number of phenolic OH excluding ortho intramolecular Hbond substituents is 1. The van der Waals surface area contributed by atoms with E-state index in [1.165, 1.54) is 12.0 Å². The number of methoxy groups -OCH3 is 1. The minimum absolute atomic E-state index is 0.170. The van der Waals surface area contributed by atoms with Crippen molar-refractivity contribution in [2.75, 3.05) is 33.8 Å². The lowest BCUT2D eigenvalue weighted by Gasteiger charge is -2.30. The number of benzene rings is 1. The lowest BCUT2D eigenvalue weighted by atomic mass is 10.1. The summed E-state index contributed by atoms with van der Waals surface area (Å²) in [6, 6.07) is 4.50. The molecule has 1 aromatic carbocycles. The zero-order valence-corrected chi connectivity index (χ0v) is 14.7. The van der Waals surface area contributed by atoms with Crippen LogP contribution in [0.5, 0.6) is 11.5 Å². The SMILES string of the molecule is CCC1CN(C)CCCN1Cc1cc(Br)c(O)c(OC)c1. The molecule has 4 nitrogen and oxygen atoms in total. The van der Waals surface area contributed by atoms with Crippen LogP contribution < -0.4 is 4.74 Å². The molecule has 1 aliphatic rings. The number of hydrogen-bond acceptors (Lipinski definition) is 4. The molecule has 0 aliphatic carbocycles. The molecule has 1 atom stereocenters. The molecule has 1 fully saturated rings. The second kappa shape index (κ2) is 7.47. The van der Waals surface area contributed by atoms with Crippen LogP contribution in [-0.4, -0.2) is 54.7 Å². The summed E-state index contributed by atoms with van der Waals surface area (Å²) >= 11 is 3.40. The third-order valence-corrected chi connectivity index (χ3v) is 4.79. The molecule has 2 rings (SSSR count). The van der Waals surface area contributed by atoms with Crippen molar-refractivity contribution >= 4 is 15.9 Å². The lowest BCUT2D eigenvalue weighted by Crippen LogP contribution is -2.39. The molecule has 0 saturated carbocycles. The molecule has 1 N–H and O–H groups in total. The summed E-state index contributed by atoms with van der Waals surface area (Å²) in [5.74, 6) is 0.697. The number of halogens is 1. The van der Waals surface area contributed by atoms with Crippen LogP contribution in [0.25, 0.3) is 0 Å². The molecule has 21 heavy (non-hydrogen) atoms. The van der Waals surface area contributed by atoms with Crippen molar-refractivity contribution in [2.45, 2.75) is 32.4 Å². The third kappa shape index (κ3) is 4.11. The van der Waals surface area contributed by atoms with Gasteiger partial charge in [0, 0.05) is 25.7 Å². The van der Waals surface area contributed by atoms with E-state index in [1.54, 1.807) is 7.11 Å². The summed E-state index contributed by atoms with van der Waals surface area (Å²) in [6.07, 6.45) is 2.35. The Morgan fingerprint density at radius 3 is 2.81 bits per heavy atom. The number of ether oxygens (including phenoxy) is 1. The predicted octanol–water partition coefficient (Wildman–Crippen LogP) is 3.08. The van der Waals surface area contributed by atoms with Gasteiger partial charge in [-0.3, -0.25) is 4.90 Å². The molecule has 1 heterocycles. The van der Waals surface area contributed by atoms with Crippen LogP contribution in [0.2, 0.25) is 0 Å². The largest absolute Gasteiger partial charge is 0.503 e. The van der Waals surface area contributed by atoms with E-state index in [4.69, 9.17) is 4.74 Å². The maximum Gasteiger partial charge on any atom is 0.172 e. The van der Waals surface area contributed by atoms with Gasteiger partial charge in [0.25, 0.3) is 0 Å². The Labute approximate surface area is 135 Å². The molecule has 0 amide bonds. The number of nitrogens with zero attached hydrogens (tertiary/aromatic N) is 2. The van der Waals surface area contributed by atoms with Crippen molar-refractivity contribution in [1.82, 2.24) is 9.80 Å². The highest BCUT2D eigenvalue weighted by atomic mass is 79.9. The molecule has 0 aromatic heterocycles. The first kappa shape index (κ1) is 16.6. The fourth-order valence-electron chi connectivity index (χ4n) is 3.00. The zero-order valence-electron chi connectivity index (χ0n) is 13.1. The molecule has 118 valence electrons. The summed E-state index contributed by atoms with van der Waals surface area (Å²) in [5.41, 5.74) is 1.17. The normalized spacial score (nSPS) is 21.2. The van der Waals surface area contributed by atoms with E-state index < -0.39 is 0 Å². The van der Waals surface area contributed by atoms with Crippen LogP contribution >= 0.6 is 15.9 Å². The maximum absolute atomic E-state index is 9.91. The van der Waals surface area contributed by atoms with E-state index in [9.17, 15) is 5.11 Å². The summed E-state index contributed by atoms with van der Waals surface area (Å²) in [7, 11) is 3.79. The topological polar surface area (TPSA) is 35.9 Å². The van der Waals surface area contributed by atoms with Crippen LogP contribution in [0.3, 0.4) is 0 Å². The van der Waals surface area contributed by atoms with E-state index in [0.29, 0.717) is 16.3 Å². The Hall–Kier alpha value is -0.780. The van der Waals surface area contributed by atoms with Gasteiger partial charge in [-0.25, -0.2) is 0 Å². The summed E-state index contributed by atoms with van der Waals surface area (Å²) in [6.45, 7) is 6.54. The van der Waals surface area contributed by atoms with Gasteiger partial charge in [-0.15, -0.1) is 0 Å². The molecule has 0 bridgehead atoms. The molecular weight excluding hydrogens is 332 g/mol. The van der Waals surface area contributed by atoms with Crippen LogP contribution in [-0.2, 0) is 6.54 Å². The van der Waals surface area contributed by atoms with Gasteiger partial charge in [0.1, 0.15) is 0 Å². The number of aromatic hydroxyl groups is 1. The van der Waals surface area contributed by atoms with E-state index in [-0.39, 0.29) is 5.75 Å². The van der Waals surface area contributed by atoms with Gasteiger partial charge >= 0.3 is 0 Å². The Bertz CT molecular complexity index is 482. The fraction of sp³-hybridized carbons (Fsp3) is 0.625. The summed E-state index contributed by atoms with van der Waals surface area (Å²) < 4.78 is 5.94. The first-order chi connectivity index (χ1) is 10.0. The zero-order chi connectivity index (χ0) is 15.4. The molecule has 5 heteroatoms. The van der Waals surface area contributed by atoms with E-state index in [0.717, 1.165) is 32.6 Å². The third-order valence-electron chi connectivity index (χ3n) is 4.19. The number of likely N-dealkylation sites (N-methyl/N-ethyl adjacent to an activating group) is 1. The first-order valence-corrected chi connectivity index (χ1v) is 8.32. The average molecular weight is 357 g/mol. The Balaban J connectivity index is 2.17. The smallest absolute Gasteiger partial charge is 0.172 e. The Morgan fingerprint density at radius 2 is 2.14 bits per heavy atom. The van der Waals surface area contributed by atoms with Gasteiger partial charge in [0.15, 0.2) is 11.5 Å². The molecule has 1 unspecified atom stereocenters. The lowest BCUT2D eigenvalue weighted by molar-refractivity contribution is 0.175. The second-order valence-corrected chi connectivity index (χ2v) is 6.63.